The lowest BCUT2D eigenvalue weighted by molar-refractivity contribution is 0.103. The summed E-state index contributed by atoms with van der Waals surface area (Å²) >= 11 is 1.49. The predicted molar refractivity (Wildman–Crippen MR) is 129 cm³/mol. The van der Waals surface area contributed by atoms with E-state index in [1.54, 1.807) is 19.2 Å². The third-order valence-electron chi connectivity index (χ3n) is 5.25. The molecule has 0 aliphatic heterocycles. The fraction of sp³-hybridized carbons (Fsp3) is 0.160. The normalized spacial score (nSPS) is 11.9. The summed E-state index contributed by atoms with van der Waals surface area (Å²) in [6, 6.07) is 23.8. The molecule has 0 aliphatic rings. The molecular formula is C25H25N3O2S. The highest BCUT2D eigenvalue weighted by molar-refractivity contribution is 7.20. The van der Waals surface area contributed by atoms with Gasteiger partial charge in [0.05, 0.1) is 23.4 Å². The lowest BCUT2D eigenvalue weighted by Crippen LogP contribution is -2.17. The Labute approximate surface area is 185 Å². The van der Waals surface area contributed by atoms with E-state index in [2.05, 4.69) is 47.9 Å². The van der Waals surface area contributed by atoms with Crippen LogP contribution in [0.5, 0.6) is 5.75 Å². The number of nitrogens with two attached hydrogens (primary N) is 1. The molecule has 3 aromatic carbocycles. The van der Waals surface area contributed by atoms with E-state index in [1.165, 1.54) is 22.5 Å². The van der Waals surface area contributed by atoms with E-state index in [1.807, 2.05) is 30.3 Å². The fourth-order valence-electron chi connectivity index (χ4n) is 3.36. The van der Waals surface area contributed by atoms with Gasteiger partial charge in [-0.05, 0) is 59.8 Å². The average Bonchev–Trinajstić information content (AvgIpc) is 3.23. The first-order valence-corrected chi connectivity index (χ1v) is 10.9. The number of amides is 1. The minimum Gasteiger partial charge on any atom is -0.497 e. The Morgan fingerprint density at radius 3 is 2.58 bits per heavy atom. The Kier molecular flexibility index (Phi) is 6.21. The fourth-order valence-corrected chi connectivity index (χ4v) is 4.36. The average molecular weight is 432 g/mol. The largest absolute Gasteiger partial charge is 0.497 e. The van der Waals surface area contributed by atoms with Crippen LogP contribution in [0.15, 0.2) is 72.8 Å². The van der Waals surface area contributed by atoms with Gasteiger partial charge in [-0.3, -0.25) is 4.79 Å². The van der Waals surface area contributed by atoms with Gasteiger partial charge in [-0.2, -0.15) is 0 Å². The molecule has 4 N–H and O–H groups in total. The molecule has 1 aromatic heterocycles. The highest BCUT2D eigenvalue weighted by atomic mass is 32.1. The Balaban J connectivity index is 1.45. The maximum absolute atomic E-state index is 12.7. The van der Waals surface area contributed by atoms with E-state index < -0.39 is 0 Å². The van der Waals surface area contributed by atoms with Gasteiger partial charge in [0.2, 0.25) is 0 Å². The lowest BCUT2D eigenvalue weighted by atomic mass is 10.1. The van der Waals surface area contributed by atoms with Crippen LogP contribution in [0.1, 0.15) is 33.8 Å². The molecule has 0 radical (unpaired) electrons. The van der Waals surface area contributed by atoms with Crippen LogP contribution in [-0.4, -0.2) is 13.0 Å². The minimum atomic E-state index is -0.147. The van der Waals surface area contributed by atoms with Crippen LogP contribution in [0.4, 0.5) is 11.4 Å². The monoisotopic (exact) mass is 431 g/mol. The standard InChI is InChI=1S/C25H25N3O2S/c1-16(27-15-17-7-11-20(30-2)12-8-17)18-9-10-19-14-24(31-23(19)13-18)25(29)28-22-6-4-3-5-21(22)26/h3-14,16,27H,15,26H2,1-2H3,(H,28,29). The molecule has 0 saturated heterocycles. The molecular weight excluding hydrogens is 406 g/mol. The molecule has 4 rings (SSSR count). The number of nitrogens with one attached hydrogen (secondary N) is 2. The van der Waals surface area contributed by atoms with Crippen molar-refractivity contribution in [3.63, 3.8) is 0 Å². The van der Waals surface area contributed by atoms with Crippen LogP contribution >= 0.6 is 11.3 Å². The zero-order valence-corrected chi connectivity index (χ0v) is 18.3. The molecule has 158 valence electrons. The summed E-state index contributed by atoms with van der Waals surface area (Å²) in [7, 11) is 1.67. The number of hydrogen-bond acceptors (Lipinski definition) is 5. The smallest absolute Gasteiger partial charge is 0.265 e. The molecule has 0 saturated carbocycles. The number of benzene rings is 3. The molecule has 1 heterocycles. The summed E-state index contributed by atoms with van der Waals surface area (Å²) in [4.78, 5) is 13.3. The van der Waals surface area contributed by atoms with Crippen molar-refractivity contribution < 1.29 is 9.53 Å². The number of rotatable bonds is 7. The quantitative estimate of drug-likeness (QED) is 0.333. The van der Waals surface area contributed by atoms with E-state index in [0.717, 1.165) is 22.4 Å². The molecule has 31 heavy (non-hydrogen) atoms. The molecule has 4 aromatic rings. The first kappa shape index (κ1) is 20.9. The topological polar surface area (TPSA) is 76.4 Å². The number of hydrogen-bond donors (Lipinski definition) is 3. The Morgan fingerprint density at radius 1 is 1.06 bits per heavy atom. The first-order chi connectivity index (χ1) is 15.0. The molecule has 1 atom stereocenters. The second kappa shape index (κ2) is 9.20. The van der Waals surface area contributed by atoms with Crippen LogP contribution in [0, 0.1) is 0 Å². The lowest BCUT2D eigenvalue weighted by Gasteiger charge is -2.14. The van der Waals surface area contributed by atoms with Gasteiger partial charge in [0.15, 0.2) is 0 Å². The molecule has 0 aliphatic carbocycles. The van der Waals surface area contributed by atoms with Gasteiger partial charge in [-0.25, -0.2) is 0 Å². The van der Waals surface area contributed by atoms with Crippen molar-refractivity contribution in [2.24, 2.45) is 0 Å². The zero-order valence-electron chi connectivity index (χ0n) is 17.5. The van der Waals surface area contributed by atoms with E-state index in [-0.39, 0.29) is 11.9 Å². The van der Waals surface area contributed by atoms with Crippen LogP contribution < -0.4 is 21.1 Å². The van der Waals surface area contributed by atoms with Gasteiger partial charge in [0, 0.05) is 17.3 Å². The van der Waals surface area contributed by atoms with Crippen molar-refractivity contribution in [1.29, 1.82) is 0 Å². The molecule has 0 bridgehead atoms. The minimum absolute atomic E-state index is 0.147. The maximum atomic E-state index is 12.7. The van der Waals surface area contributed by atoms with Crippen LogP contribution in [-0.2, 0) is 6.54 Å². The van der Waals surface area contributed by atoms with Gasteiger partial charge in [-0.1, -0.05) is 36.4 Å². The Bertz CT molecular complexity index is 1200. The maximum Gasteiger partial charge on any atom is 0.265 e. The third-order valence-corrected chi connectivity index (χ3v) is 6.34. The van der Waals surface area contributed by atoms with Crippen molar-refractivity contribution in [2.45, 2.75) is 19.5 Å². The molecule has 6 heteroatoms. The predicted octanol–water partition coefficient (Wildman–Crippen LogP) is 5.60. The van der Waals surface area contributed by atoms with Crippen LogP contribution in [0.2, 0.25) is 0 Å². The van der Waals surface area contributed by atoms with Gasteiger partial charge >= 0.3 is 0 Å². The SMILES string of the molecule is COc1ccc(CNC(C)c2ccc3cc(C(=O)Nc4ccccc4N)sc3c2)cc1. The number of carbonyl (C=O) groups excluding carboxylic acids is 1. The van der Waals surface area contributed by atoms with Crippen LogP contribution in [0.25, 0.3) is 10.1 Å². The van der Waals surface area contributed by atoms with Gasteiger partial charge in [0.25, 0.3) is 5.91 Å². The summed E-state index contributed by atoms with van der Waals surface area (Å²) in [5.41, 5.74) is 9.50. The number of anilines is 2. The molecule has 0 fully saturated rings. The summed E-state index contributed by atoms with van der Waals surface area (Å²) < 4.78 is 6.29. The van der Waals surface area contributed by atoms with Gasteiger partial charge in [-0.15, -0.1) is 11.3 Å². The number of methoxy groups -OCH3 is 1. The molecule has 5 nitrogen and oxygen atoms in total. The summed E-state index contributed by atoms with van der Waals surface area (Å²) in [6.45, 7) is 2.91. The van der Waals surface area contributed by atoms with Crippen molar-refractivity contribution >= 4 is 38.7 Å². The van der Waals surface area contributed by atoms with E-state index >= 15 is 0 Å². The van der Waals surface area contributed by atoms with Gasteiger partial charge < -0.3 is 21.1 Å². The summed E-state index contributed by atoms with van der Waals surface area (Å²) in [6.07, 6.45) is 0. The van der Waals surface area contributed by atoms with Crippen LogP contribution in [0.3, 0.4) is 0 Å². The summed E-state index contributed by atoms with van der Waals surface area (Å²) in [5, 5.41) is 7.51. The zero-order chi connectivity index (χ0) is 21.8. The number of ether oxygens (including phenoxy) is 1. The highest BCUT2D eigenvalue weighted by Gasteiger charge is 2.13. The van der Waals surface area contributed by atoms with Crippen molar-refractivity contribution in [3.05, 3.63) is 88.8 Å². The Hall–Kier alpha value is -3.35. The molecule has 1 amide bonds. The second-order valence-corrected chi connectivity index (χ2v) is 8.48. The number of carbonyl (C=O) groups is 1. The van der Waals surface area contributed by atoms with E-state index in [4.69, 9.17) is 10.5 Å². The molecule has 1 unspecified atom stereocenters. The number of fused-ring (bicyclic) bond motifs is 1. The summed E-state index contributed by atoms with van der Waals surface area (Å²) in [5.74, 6) is 0.709. The van der Waals surface area contributed by atoms with Crippen molar-refractivity contribution in [3.8, 4) is 5.75 Å². The number of thiophene rings is 1. The van der Waals surface area contributed by atoms with Crippen molar-refractivity contribution in [2.75, 3.05) is 18.2 Å². The number of nitrogen functional groups attached to an aromatic ring is 1. The number of para-hydroxylation sites is 2. The van der Waals surface area contributed by atoms with E-state index in [0.29, 0.717) is 16.3 Å². The first-order valence-electron chi connectivity index (χ1n) is 10.1. The Morgan fingerprint density at radius 2 is 1.84 bits per heavy atom. The van der Waals surface area contributed by atoms with E-state index in [9.17, 15) is 4.79 Å². The van der Waals surface area contributed by atoms with Gasteiger partial charge in [0.1, 0.15) is 5.75 Å². The molecule has 0 spiro atoms. The highest BCUT2D eigenvalue weighted by Crippen LogP contribution is 2.30. The van der Waals surface area contributed by atoms with Crippen molar-refractivity contribution in [1.82, 2.24) is 5.32 Å². The second-order valence-electron chi connectivity index (χ2n) is 7.40. The third kappa shape index (κ3) is 4.87.